The molecule has 0 nitrogen and oxygen atoms in total. The van der Waals surface area contributed by atoms with E-state index in [1.165, 1.54) is 87.9 Å². The third kappa shape index (κ3) is 23.2. The summed E-state index contributed by atoms with van der Waals surface area (Å²) in [4.78, 5) is 0. The molecule has 0 aromatic heterocycles. The molecule has 0 aliphatic heterocycles. The molecule has 0 fully saturated rings. The van der Waals surface area contributed by atoms with Crippen molar-refractivity contribution < 1.29 is 81.5 Å². The minimum absolute atomic E-state index is 0. The van der Waals surface area contributed by atoms with Crippen molar-refractivity contribution in [1.29, 1.82) is 0 Å². The zero-order chi connectivity index (χ0) is 56.8. The molecule has 13 rings (SSSR count). The van der Waals surface area contributed by atoms with Gasteiger partial charge in [-0.25, -0.2) is 4.39 Å². The number of halogens is 4. The van der Waals surface area contributed by atoms with E-state index in [9.17, 15) is 4.39 Å². The van der Waals surface area contributed by atoms with Crippen molar-refractivity contribution in [3.8, 4) is 0 Å². The van der Waals surface area contributed by atoms with Crippen LogP contribution in [0.3, 0.4) is 0 Å². The Morgan fingerprint density at radius 2 is 0.284 bits per heavy atom. The monoisotopic (exact) mass is 1420 g/mol. The molecule has 10 heteroatoms. The summed E-state index contributed by atoms with van der Waals surface area (Å²) in [6, 6.07) is 138. The van der Waals surface area contributed by atoms with Crippen LogP contribution in [-0.2, 0) is 39.9 Å². The molecule has 13 aromatic rings. The fourth-order valence-corrected chi connectivity index (χ4v) is 18.3. The third-order valence-corrected chi connectivity index (χ3v) is 22.6. The first-order valence-electron chi connectivity index (χ1n) is 27.6. The van der Waals surface area contributed by atoms with Crippen molar-refractivity contribution >= 4 is 95.3 Å². The van der Waals surface area contributed by atoms with Crippen molar-refractivity contribution in [1.82, 2.24) is 0 Å². The van der Waals surface area contributed by atoms with Crippen molar-refractivity contribution in [2.24, 2.45) is 0 Å². The van der Waals surface area contributed by atoms with Crippen LogP contribution in [0, 0.1) is 11.9 Å². The van der Waals surface area contributed by atoms with Gasteiger partial charge < -0.3 is 37.2 Å². The van der Waals surface area contributed by atoms with E-state index in [2.05, 4.69) is 370 Å². The van der Waals surface area contributed by atoms with Gasteiger partial charge in [0.1, 0.15) is 0 Å². The molecule has 0 N–H and O–H groups in total. The maximum atomic E-state index is 11.9. The Morgan fingerprint density at radius 3 is 0.364 bits per heavy atom. The Balaban J connectivity index is 0.000000237. The second-order valence-electron chi connectivity index (χ2n) is 18.6. The van der Waals surface area contributed by atoms with Gasteiger partial charge >= 0.3 is 39.9 Å². The van der Waals surface area contributed by atoms with Gasteiger partial charge in [-0.1, -0.05) is 364 Å². The minimum Gasteiger partial charge on any atom is -1.00 e. The number of rotatable bonds is 12. The number of hydrogen-bond donors (Lipinski definition) is 0. The largest absolute Gasteiger partial charge is 2.00 e. The predicted octanol–water partition coefficient (Wildman–Crippen LogP) is 6.41. The molecule has 0 amide bonds. The van der Waals surface area contributed by atoms with Crippen LogP contribution < -0.4 is 101 Å². The quantitative estimate of drug-likeness (QED) is 0.0755. The number of hydrogen-bond acceptors (Lipinski definition) is 0. The van der Waals surface area contributed by atoms with Gasteiger partial charge in [0, 0.05) is 5.82 Å². The molecule has 0 radical (unpaired) electrons. The van der Waals surface area contributed by atoms with Gasteiger partial charge in [-0.3, -0.25) is 0 Å². The van der Waals surface area contributed by atoms with Crippen LogP contribution in [0.15, 0.2) is 388 Å². The van der Waals surface area contributed by atoms with Crippen molar-refractivity contribution in [2.75, 3.05) is 0 Å². The second kappa shape index (κ2) is 42.6. The normalized spacial score (nSPS) is 9.83. The molecule has 88 heavy (non-hydrogen) atoms. The van der Waals surface area contributed by atoms with E-state index in [4.69, 9.17) is 0 Å². The Kier molecular flexibility index (Phi) is 35.9. The van der Waals surface area contributed by atoms with Crippen molar-refractivity contribution in [3.05, 3.63) is 400 Å². The molecule has 0 heterocycles. The summed E-state index contributed by atoms with van der Waals surface area (Å²) in [6.45, 7) is 0. The summed E-state index contributed by atoms with van der Waals surface area (Å²) >= 11 is 0. The Hall–Kier alpha value is -6.33. The third-order valence-electron chi connectivity index (χ3n) is 12.9. The Bertz CT molecular complexity index is 2940. The summed E-state index contributed by atoms with van der Waals surface area (Å²) < 4.78 is 11.9. The van der Waals surface area contributed by atoms with Gasteiger partial charge in [0.2, 0.25) is 0 Å². The van der Waals surface area contributed by atoms with Crippen LogP contribution in [0.1, 0.15) is 0 Å². The van der Waals surface area contributed by atoms with Crippen LogP contribution in [0.5, 0.6) is 0 Å². The van der Waals surface area contributed by atoms with E-state index >= 15 is 0 Å². The van der Waals surface area contributed by atoms with E-state index in [0.29, 0.717) is 0 Å². The van der Waals surface area contributed by atoms with Gasteiger partial charge in [0.15, 0.2) is 0 Å². The molecule has 0 aliphatic carbocycles. The first-order valence-corrected chi connectivity index (χ1v) is 33.0. The maximum Gasteiger partial charge on any atom is 2.00 e. The molecular weight excluding hydrogens is 1360 g/mol. The van der Waals surface area contributed by atoms with Crippen molar-refractivity contribution in [2.45, 2.75) is 0 Å². The zero-order valence-electron chi connectivity index (χ0n) is 48.3. The first-order chi connectivity index (χ1) is 41.2. The molecular formula is C78H64Cl3FP4PdZn. The van der Waals surface area contributed by atoms with Crippen LogP contribution >= 0.6 is 31.7 Å². The predicted molar refractivity (Wildman–Crippen MR) is 366 cm³/mol. The minimum atomic E-state index is -0.446. The van der Waals surface area contributed by atoms with Crippen LogP contribution in [0.2, 0.25) is 0 Å². The molecule has 0 unspecified atom stereocenters. The van der Waals surface area contributed by atoms with E-state index in [0.717, 1.165) is 0 Å². The summed E-state index contributed by atoms with van der Waals surface area (Å²) in [7, 11) is -1.78. The summed E-state index contributed by atoms with van der Waals surface area (Å²) in [5.41, 5.74) is 0. The van der Waals surface area contributed by atoms with Gasteiger partial charge in [-0.15, -0.1) is 12.1 Å². The SMILES string of the molecule is Fc1cc[c-]cc1.[Cl-].[Cl-].[Cl-].[Pd+2].[Zn+2].c1ccc(P(c2ccccc2)c2ccccc2)cc1.c1ccc(P(c2ccccc2)c2ccccc2)cc1.c1ccc(P(c2ccccc2)c2ccccc2)cc1.c1ccc(P(c2ccccc2)c2ccccc2)cc1. The molecule has 0 bridgehead atoms. The van der Waals surface area contributed by atoms with E-state index in [1.54, 1.807) is 0 Å². The van der Waals surface area contributed by atoms with E-state index in [-0.39, 0.29) is 82.9 Å². The van der Waals surface area contributed by atoms with Crippen LogP contribution in [0.25, 0.3) is 0 Å². The summed E-state index contributed by atoms with van der Waals surface area (Å²) in [5.74, 6) is -0.209. The summed E-state index contributed by atoms with van der Waals surface area (Å²) in [6.07, 6.45) is 0. The zero-order valence-corrected chi connectivity index (χ0v) is 58.6. The molecule has 0 saturated heterocycles. The molecule has 0 atom stereocenters. The molecule has 0 spiro atoms. The van der Waals surface area contributed by atoms with E-state index in [1.807, 2.05) is 0 Å². The smallest absolute Gasteiger partial charge is 1.00 e. The first kappa shape index (κ1) is 74.1. The molecule has 0 saturated carbocycles. The Labute approximate surface area is 571 Å². The van der Waals surface area contributed by atoms with Gasteiger partial charge in [0.05, 0.1) is 0 Å². The molecule has 0 aliphatic rings. The van der Waals surface area contributed by atoms with Gasteiger partial charge in [-0.05, 0) is 95.3 Å². The van der Waals surface area contributed by atoms with Gasteiger partial charge in [0.25, 0.3) is 0 Å². The number of benzene rings is 13. The topological polar surface area (TPSA) is 0 Å². The molecule has 436 valence electrons. The fourth-order valence-electron chi connectivity index (χ4n) is 9.08. The maximum absolute atomic E-state index is 11.9. The standard InChI is InChI=1S/4C18H15P.C6H4F.3ClH.Pd.Zn/c4*1-4-10-16(11-5-1)19(17-12-6-2-7-13-17)18-14-8-3-9-15-18;7-6-4-2-1-3-5-6;;;;;/h4*1-15H;2-5H;3*1H;;/q;;;;-1;;;;2*+2/p-3. The average Bonchev–Trinajstić information content (AvgIpc) is 2.76. The average molecular weight is 1420 g/mol. The molecule has 13 aromatic carbocycles. The Morgan fingerprint density at radius 1 is 0.182 bits per heavy atom. The summed E-state index contributed by atoms with van der Waals surface area (Å²) in [5, 5.41) is 16.8. The van der Waals surface area contributed by atoms with Crippen LogP contribution in [-0.4, -0.2) is 0 Å². The van der Waals surface area contributed by atoms with Crippen LogP contribution in [0.4, 0.5) is 4.39 Å². The van der Waals surface area contributed by atoms with Gasteiger partial charge in [-0.2, -0.15) is 18.2 Å². The van der Waals surface area contributed by atoms with Crippen molar-refractivity contribution in [3.63, 3.8) is 0 Å². The fraction of sp³-hybridized carbons (Fsp3) is 0. The van der Waals surface area contributed by atoms with E-state index < -0.39 is 31.7 Å². The second-order valence-corrected chi connectivity index (χ2v) is 27.5.